The van der Waals surface area contributed by atoms with Gasteiger partial charge in [-0.3, -0.25) is 4.57 Å². The van der Waals surface area contributed by atoms with Crippen molar-refractivity contribution in [2.75, 3.05) is 0 Å². The molecule has 6 nitrogen and oxygen atoms in total. The summed E-state index contributed by atoms with van der Waals surface area (Å²) in [5.41, 5.74) is 10.3. The molecule has 0 spiro atoms. The van der Waals surface area contributed by atoms with E-state index in [1.54, 1.807) is 42.0 Å². The fraction of sp³-hybridized carbons (Fsp3) is 0.167. The number of rotatable bonds is 3. The Kier molecular flexibility index (Phi) is 4.22. The van der Waals surface area contributed by atoms with Crippen LogP contribution >= 0.6 is 11.6 Å². The second kappa shape index (κ2) is 6.22. The van der Waals surface area contributed by atoms with Gasteiger partial charge in [-0.15, -0.1) is 0 Å². The number of benzene rings is 1. The predicted molar refractivity (Wildman–Crippen MR) is 96.9 cm³/mol. The number of nitrogens with two attached hydrogens (primary N) is 1. The van der Waals surface area contributed by atoms with Crippen LogP contribution < -0.4 is 5.73 Å². The van der Waals surface area contributed by atoms with Gasteiger partial charge in [0, 0.05) is 11.3 Å². The largest absolute Gasteiger partial charge is 0.508 e. The summed E-state index contributed by atoms with van der Waals surface area (Å²) in [7, 11) is 0. The summed E-state index contributed by atoms with van der Waals surface area (Å²) in [6.07, 6.45) is 1.65. The Morgan fingerprint density at radius 2 is 1.84 bits per heavy atom. The zero-order chi connectivity index (χ0) is 18.3. The van der Waals surface area contributed by atoms with Crippen LogP contribution in [0.2, 0.25) is 5.15 Å². The second-order valence-electron chi connectivity index (χ2n) is 5.83. The van der Waals surface area contributed by atoms with Gasteiger partial charge in [-0.2, -0.15) is 0 Å². The average molecular weight is 360 g/mol. The number of nitrogens with zero attached hydrogens (tertiary/aromatic N) is 2. The van der Waals surface area contributed by atoms with Crippen LogP contribution in [0.1, 0.15) is 22.5 Å². The molecule has 0 fully saturated rings. The van der Waals surface area contributed by atoms with Crippen molar-refractivity contribution in [1.82, 2.24) is 4.57 Å². The van der Waals surface area contributed by atoms with E-state index >= 15 is 0 Å². The number of hydrogen-bond acceptors (Lipinski definition) is 4. The maximum Gasteiger partial charge on any atom is 0.172 e. The summed E-state index contributed by atoms with van der Waals surface area (Å²) in [6, 6.07) is 6.63. The molecule has 1 aromatic carbocycles. The van der Waals surface area contributed by atoms with Gasteiger partial charge in [-0.25, -0.2) is 0 Å². The van der Waals surface area contributed by atoms with Crippen molar-refractivity contribution in [3.05, 3.63) is 58.1 Å². The van der Waals surface area contributed by atoms with Crippen molar-refractivity contribution < 1.29 is 14.7 Å². The highest BCUT2D eigenvalue weighted by atomic mass is 35.5. The first-order valence-corrected chi connectivity index (χ1v) is 7.97. The fourth-order valence-electron chi connectivity index (χ4n) is 3.03. The van der Waals surface area contributed by atoms with Crippen LogP contribution in [0.4, 0.5) is 0 Å². The van der Waals surface area contributed by atoms with Gasteiger partial charge in [0.25, 0.3) is 0 Å². The van der Waals surface area contributed by atoms with Gasteiger partial charge in [0.2, 0.25) is 0 Å². The third-order valence-corrected chi connectivity index (χ3v) is 4.66. The molecule has 0 aliphatic carbocycles. The van der Waals surface area contributed by atoms with Crippen LogP contribution in [0.3, 0.4) is 0 Å². The molecule has 4 N–H and O–H groups in total. The Bertz CT molecular complexity index is 949. The van der Waals surface area contributed by atoms with Crippen LogP contribution in [0.15, 0.2) is 40.1 Å². The molecule has 2 heterocycles. The lowest BCUT2D eigenvalue weighted by atomic mass is 10.0. The first kappa shape index (κ1) is 17.0. The monoisotopic (exact) mass is 359 g/mol. The molecule has 0 atom stereocenters. The van der Waals surface area contributed by atoms with Gasteiger partial charge in [-0.05, 0) is 56.2 Å². The Labute approximate surface area is 149 Å². The van der Waals surface area contributed by atoms with Crippen molar-refractivity contribution in [3.8, 4) is 22.7 Å². The van der Waals surface area contributed by atoms with E-state index in [-0.39, 0.29) is 11.6 Å². The molecule has 7 heteroatoms. The Morgan fingerprint density at radius 3 is 2.36 bits per heavy atom. The van der Waals surface area contributed by atoms with E-state index < -0.39 is 0 Å². The molecule has 25 heavy (non-hydrogen) atoms. The van der Waals surface area contributed by atoms with Gasteiger partial charge >= 0.3 is 0 Å². The molecule has 0 radical (unpaired) electrons. The fourth-order valence-corrected chi connectivity index (χ4v) is 3.31. The number of hydrogen-bond donors (Lipinski definition) is 3. The zero-order valence-electron chi connectivity index (χ0n) is 14.0. The third-order valence-electron chi connectivity index (χ3n) is 4.21. The van der Waals surface area contributed by atoms with Crippen LogP contribution in [0.25, 0.3) is 16.9 Å². The lowest BCUT2D eigenvalue weighted by Gasteiger charge is -2.13. The van der Waals surface area contributed by atoms with E-state index in [2.05, 4.69) is 5.16 Å². The Hall–Kier alpha value is -2.86. The molecule has 0 saturated carbocycles. The number of aromatic nitrogens is 1. The van der Waals surface area contributed by atoms with Crippen LogP contribution in [-0.4, -0.2) is 20.7 Å². The Morgan fingerprint density at radius 1 is 1.20 bits per heavy atom. The summed E-state index contributed by atoms with van der Waals surface area (Å²) in [5, 5.41) is 22.4. The first-order valence-electron chi connectivity index (χ1n) is 7.60. The summed E-state index contributed by atoms with van der Waals surface area (Å²) in [5.74, 6) is 0.809. The number of aromatic hydroxyl groups is 1. The van der Waals surface area contributed by atoms with Crippen molar-refractivity contribution >= 4 is 17.4 Å². The molecule has 0 aliphatic heterocycles. The maximum atomic E-state index is 9.57. The van der Waals surface area contributed by atoms with E-state index in [4.69, 9.17) is 21.8 Å². The molecule has 2 aromatic heterocycles. The molecular weight excluding hydrogens is 342 g/mol. The lowest BCUT2D eigenvalue weighted by molar-refractivity contribution is 0.318. The number of phenols is 1. The number of aryl methyl sites for hydroxylation is 2. The lowest BCUT2D eigenvalue weighted by Crippen LogP contribution is -2.15. The molecule has 0 bridgehead atoms. The van der Waals surface area contributed by atoms with Crippen molar-refractivity contribution in [3.63, 3.8) is 0 Å². The molecule has 3 rings (SSSR count). The topological polar surface area (TPSA) is 96.9 Å². The van der Waals surface area contributed by atoms with Crippen LogP contribution in [0.5, 0.6) is 5.75 Å². The number of phenolic OH excluding ortho intramolecular Hbond substituents is 1. The molecule has 0 saturated heterocycles. The quantitative estimate of drug-likeness (QED) is 0.283. The highest BCUT2D eigenvalue weighted by Crippen LogP contribution is 2.40. The number of furan rings is 1. The predicted octanol–water partition coefficient (Wildman–Crippen LogP) is 4.12. The third kappa shape index (κ3) is 2.64. The summed E-state index contributed by atoms with van der Waals surface area (Å²) >= 11 is 6.59. The smallest absolute Gasteiger partial charge is 0.172 e. The van der Waals surface area contributed by atoms with Gasteiger partial charge in [0.15, 0.2) is 5.84 Å². The summed E-state index contributed by atoms with van der Waals surface area (Å²) in [6.45, 7) is 5.57. The number of amidine groups is 1. The highest BCUT2D eigenvalue weighted by molar-refractivity contribution is 6.32. The second-order valence-corrected chi connectivity index (χ2v) is 6.18. The standard InChI is InChI=1S/C18H18ClN3O3/c1-9-8-25-11(3)14(9)16-15(18(20)21-24)10(2)17(19)22(16)12-4-6-13(23)7-5-12/h4-8,23-24H,1-3H3,(H2,20,21). The van der Waals surface area contributed by atoms with E-state index in [0.717, 1.165) is 16.8 Å². The molecular formula is C18H18ClN3O3. The molecule has 3 aromatic rings. The minimum absolute atomic E-state index is 0.0353. The summed E-state index contributed by atoms with van der Waals surface area (Å²) < 4.78 is 7.34. The van der Waals surface area contributed by atoms with Gasteiger partial charge in [-0.1, -0.05) is 16.8 Å². The number of oxime groups is 1. The van der Waals surface area contributed by atoms with E-state index in [9.17, 15) is 10.3 Å². The van der Waals surface area contributed by atoms with Gasteiger partial charge < -0.3 is 20.5 Å². The molecule has 0 unspecified atom stereocenters. The normalized spacial score (nSPS) is 11.9. The van der Waals surface area contributed by atoms with Gasteiger partial charge in [0.05, 0.1) is 17.5 Å². The first-order chi connectivity index (χ1) is 11.9. The molecule has 130 valence electrons. The highest BCUT2D eigenvalue weighted by Gasteiger charge is 2.27. The average Bonchev–Trinajstić information content (AvgIpc) is 3.05. The number of halogens is 1. The van der Waals surface area contributed by atoms with Crippen LogP contribution in [-0.2, 0) is 0 Å². The minimum Gasteiger partial charge on any atom is -0.508 e. The van der Waals surface area contributed by atoms with Crippen molar-refractivity contribution in [1.29, 1.82) is 0 Å². The van der Waals surface area contributed by atoms with E-state index in [1.807, 2.05) is 13.8 Å². The SMILES string of the molecule is Cc1coc(C)c1-c1c(/C(N)=N/O)c(C)c(Cl)n1-c1ccc(O)cc1. The zero-order valence-corrected chi connectivity index (χ0v) is 14.8. The van der Waals surface area contributed by atoms with Gasteiger partial charge in [0.1, 0.15) is 16.7 Å². The van der Waals surface area contributed by atoms with Crippen molar-refractivity contribution in [2.24, 2.45) is 10.9 Å². The Balaban J connectivity index is 2.45. The molecule has 0 aliphatic rings. The minimum atomic E-state index is -0.0353. The summed E-state index contributed by atoms with van der Waals surface area (Å²) in [4.78, 5) is 0. The van der Waals surface area contributed by atoms with E-state index in [1.165, 1.54) is 0 Å². The van der Waals surface area contributed by atoms with E-state index in [0.29, 0.717) is 27.7 Å². The molecule has 0 amide bonds. The maximum absolute atomic E-state index is 9.57. The van der Waals surface area contributed by atoms with Crippen molar-refractivity contribution in [2.45, 2.75) is 20.8 Å². The van der Waals surface area contributed by atoms with Crippen LogP contribution in [0, 0.1) is 20.8 Å².